The van der Waals surface area contributed by atoms with Gasteiger partial charge in [0.1, 0.15) is 5.75 Å². The van der Waals surface area contributed by atoms with Crippen molar-refractivity contribution in [2.24, 2.45) is 0 Å². The predicted molar refractivity (Wildman–Crippen MR) is 53.6 cm³/mol. The predicted octanol–water partition coefficient (Wildman–Crippen LogP) is 3.32. The standard InChI is InChI=1S/C11H10F6O2/c1-5-6(2)8(18)4-3-7(5)9(19,10(12,13)14)11(15,16)17/h3-4,18-19H,1-2H3. The van der Waals surface area contributed by atoms with Gasteiger partial charge in [-0.3, -0.25) is 0 Å². The summed E-state index contributed by atoms with van der Waals surface area (Å²) < 4.78 is 76.0. The second-order valence-corrected chi connectivity index (χ2v) is 4.09. The molecular weight excluding hydrogens is 278 g/mol. The van der Waals surface area contributed by atoms with Gasteiger partial charge < -0.3 is 10.2 Å². The van der Waals surface area contributed by atoms with E-state index in [0.717, 1.165) is 13.8 Å². The lowest BCUT2D eigenvalue weighted by atomic mass is 9.86. The molecule has 0 unspecified atom stereocenters. The quantitative estimate of drug-likeness (QED) is 0.778. The van der Waals surface area contributed by atoms with Gasteiger partial charge in [0, 0.05) is 5.56 Å². The van der Waals surface area contributed by atoms with Gasteiger partial charge in [-0.2, -0.15) is 26.3 Å². The fourth-order valence-electron chi connectivity index (χ4n) is 1.66. The first-order chi connectivity index (χ1) is 8.34. The molecule has 0 amide bonds. The van der Waals surface area contributed by atoms with Crippen LogP contribution in [0.15, 0.2) is 12.1 Å². The van der Waals surface area contributed by atoms with Crippen LogP contribution in [0.5, 0.6) is 5.75 Å². The average Bonchev–Trinajstić information content (AvgIpc) is 2.22. The van der Waals surface area contributed by atoms with Gasteiger partial charge in [0.15, 0.2) is 0 Å². The van der Waals surface area contributed by atoms with Crippen LogP contribution >= 0.6 is 0 Å². The number of hydrogen-bond donors (Lipinski definition) is 2. The zero-order chi connectivity index (χ0) is 15.2. The molecule has 0 fully saturated rings. The summed E-state index contributed by atoms with van der Waals surface area (Å²) >= 11 is 0. The van der Waals surface area contributed by atoms with Crippen LogP contribution in [-0.2, 0) is 5.60 Å². The van der Waals surface area contributed by atoms with Crippen LogP contribution in [0.1, 0.15) is 16.7 Å². The molecule has 0 spiro atoms. The number of halogens is 6. The average molecular weight is 288 g/mol. The molecule has 0 aromatic heterocycles. The molecule has 0 saturated heterocycles. The van der Waals surface area contributed by atoms with Crippen molar-refractivity contribution in [1.29, 1.82) is 0 Å². The molecule has 0 aliphatic carbocycles. The van der Waals surface area contributed by atoms with Crippen LogP contribution < -0.4 is 0 Å². The molecule has 0 aliphatic rings. The van der Waals surface area contributed by atoms with Crippen molar-refractivity contribution in [3.63, 3.8) is 0 Å². The lowest BCUT2D eigenvalue weighted by Gasteiger charge is -2.34. The molecule has 1 rings (SSSR count). The third-order valence-corrected chi connectivity index (χ3v) is 2.97. The first-order valence-corrected chi connectivity index (χ1v) is 4.99. The van der Waals surface area contributed by atoms with Crippen LogP contribution in [0.2, 0.25) is 0 Å². The van der Waals surface area contributed by atoms with Gasteiger partial charge >= 0.3 is 12.4 Å². The van der Waals surface area contributed by atoms with Crippen molar-refractivity contribution in [1.82, 2.24) is 0 Å². The Kier molecular flexibility index (Phi) is 3.53. The van der Waals surface area contributed by atoms with Crippen LogP contribution in [0.3, 0.4) is 0 Å². The smallest absolute Gasteiger partial charge is 0.430 e. The Morgan fingerprint density at radius 2 is 1.26 bits per heavy atom. The second kappa shape index (κ2) is 4.29. The van der Waals surface area contributed by atoms with Crippen LogP contribution in [0, 0.1) is 13.8 Å². The summed E-state index contributed by atoms with van der Waals surface area (Å²) in [6.45, 7) is 2.12. The highest BCUT2D eigenvalue weighted by Gasteiger charge is 2.71. The first kappa shape index (κ1) is 15.6. The normalized spacial score (nSPS) is 13.7. The highest BCUT2D eigenvalue weighted by molar-refractivity contribution is 5.46. The number of benzene rings is 1. The molecular formula is C11H10F6O2. The number of phenols is 1. The van der Waals surface area contributed by atoms with Gasteiger partial charge in [-0.1, -0.05) is 6.07 Å². The minimum absolute atomic E-state index is 0.163. The molecule has 0 saturated carbocycles. The third kappa shape index (κ3) is 2.24. The summed E-state index contributed by atoms with van der Waals surface area (Å²) in [5.41, 5.74) is -6.95. The van der Waals surface area contributed by atoms with E-state index in [2.05, 4.69) is 0 Å². The molecule has 2 N–H and O–H groups in total. The maximum atomic E-state index is 12.7. The fourth-order valence-corrected chi connectivity index (χ4v) is 1.66. The Bertz CT molecular complexity index is 475. The minimum Gasteiger partial charge on any atom is -0.508 e. The van der Waals surface area contributed by atoms with Crippen LogP contribution in [0.25, 0.3) is 0 Å². The molecule has 8 heteroatoms. The maximum Gasteiger partial charge on any atom is 0.430 e. The third-order valence-electron chi connectivity index (χ3n) is 2.97. The molecule has 2 nitrogen and oxygen atoms in total. The molecule has 0 radical (unpaired) electrons. The summed E-state index contributed by atoms with van der Waals surface area (Å²) in [5, 5.41) is 18.5. The van der Waals surface area contributed by atoms with E-state index >= 15 is 0 Å². The zero-order valence-electron chi connectivity index (χ0n) is 9.82. The Morgan fingerprint density at radius 3 is 1.63 bits per heavy atom. The second-order valence-electron chi connectivity index (χ2n) is 4.09. The molecule has 0 atom stereocenters. The van der Waals surface area contributed by atoms with Crippen molar-refractivity contribution in [2.75, 3.05) is 0 Å². The Balaban J connectivity index is 3.67. The number of phenolic OH excluding ortho intramolecular Hbond substituents is 1. The number of aromatic hydroxyl groups is 1. The van der Waals surface area contributed by atoms with Gasteiger partial charge in [-0.05, 0) is 31.0 Å². The van der Waals surface area contributed by atoms with E-state index in [-0.39, 0.29) is 5.56 Å². The van der Waals surface area contributed by atoms with Crippen LogP contribution in [-0.4, -0.2) is 22.6 Å². The van der Waals surface area contributed by atoms with E-state index in [9.17, 15) is 36.6 Å². The maximum absolute atomic E-state index is 12.7. The molecule has 1 aromatic rings. The summed E-state index contributed by atoms with van der Waals surface area (Å²) in [5.74, 6) is -0.451. The van der Waals surface area contributed by atoms with Crippen LogP contribution in [0.4, 0.5) is 26.3 Å². The monoisotopic (exact) mass is 288 g/mol. The van der Waals surface area contributed by atoms with E-state index in [0.29, 0.717) is 12.1 Å². The van der Waals surface area contributed by atoms with E-state index < -0.39 is 34.8 Å². The lowest BCUT2D eigenvalue weighted by Crippen LogP contribution is -2.54. The van der Waals surface area contributed by atoms with Gasteiger partial charge in [0.05, 0.1) is 0 Å². The highest BCUT2D eigenvalue weighted by Crippen LogP contribution is 2.51. The van der Waals surface area contributed by atoms with E-state index in [1.807, 2.05) is 0 Å². The molecule has 0 aliphatic heterocycles. The zero-order valence-corrected chi connectivity index (χ0v) is 9.82. The number of hydrogen-bond acceptors (Lipinski definition) is 2. The number of aliphatic hydroxyl groups is 1. The number of rotatable bonds is 1. The minimum atomic E-state index is -5.93. The first-order valence-electron chi connectivity index (χ1n) is 4.99. The van der Waals surface area contributed by atoms with Gasteiger partial charge in [-0.15, -0.1) is 0 Å². The molecule has 108 valence electrons. The van der Waals surface area contributed by atoms with E-state index in [1.54, 1.807) is 0 Å². The molecule has 1 aromatic carbocycles. The summed E-state index contributed by atoms with van der Waals surface area (Å²) in [6, 6.07) is 1.10. The largest absolute Gasteiger partial charge is 0.508 e. The van der Waals surface area contributed by atoms with Gasteiger partial charge in [0.25, 0.3) is 5.60 Å². The topological polar surface area (TPSA) is 40.5 Å². The van der Waals surface area contributed by atoms with Gasteiger partial charge in [-0.25, -0.2) is 0 Å². The van der Waals surface area contributed by atoms with Crippen molar-refractivity contribution in [2.45, 2.75) is 31.8 Å². The fraction of sp³-hybridized carbons (Fsp3) is 0.455. The van der Waals surface area contributed by atoms with E-state index in [1.165, 1.54) is 0 Å². The summed E-state index contributed by atoms with van der Waals surface area (Å²) in [6.07, 6.45) is -11.9. The van der Waals surface area contributed by atoms with Crippen molar-refractivity contribution >= 4 is 0 Å². The van der Waals surface area contributed by atoms with Crippen molar-refractivity contribution in [3.05, 3.63) is 28.8 Å². The summed E-state index contributed by atoms with van der Waals surface area (Å²) in [4.78, 5) is 0. The van der Waals surface area contributed by atoms with Gasteiger partial charge in [0.2, 0.25) is 0 Å². The highest BCUT2D eigenvalue weighted by atomic mass is 19.4. The Morgan fingerprint density at radius 1 is 0.842 bits per heavy atom. The number of alkyl halides is 6. The molecule has 0 heterocycles. The lowest BCUT2D eigenvalue weighted by molar-refractivity contribution is -0.376. The van der Waals surface area contributed by atoms with Crippen molar-refractivity contribution in [3.8, 4) is 5.75 Å². The molecule has 19 heavy (non-hydrogen) atoms. The Hall–Kier alpha value is -1.44. The summed E-state index contributed by atoms with van der Waals surface area (Å²) in [7, 11) is 0. The van der Waals surface area contributed by atoms with E-state index in [4.69, 9.17) is 0 Å². The SMILES string of the molecule is Cc1c(O)ccc(C(O)(C(F)(F)F)C(F)(F)F)c1C. The Labute approximate surface area is 104 Å². The van der Waals surface area contributed by atoms with Crippen molar-refractivity contribution < 1.29 is 36.6 Å². The molecule has 0 bridgehead atoms.